The second-order valence-corrected chi connectivity index (χ2v) is 6.62. The largest absolute Gasteiger partial charge is 0.383 e. The van der Waals surface area contributed by atoms with Crippen LogP contribution in [-0.4, -0.2) is 35.1 Å². The summed E-state index contributed by atoms with van der Waals surface area (Å²) in [5, 5.41) is 6.42. The Morgan fingerprint density at radius 3 is 2.90 bits per heavy atom. The lowest BCUT2D eigenvalue weighted by Crippen LogP contribution is -2.26. The highest BCUT2D eigenvalue weighted by atomic mass is 79.9. The predicted molar refractivity (Wildman–Crippen MR) is 76.2 cm³/mol. The van der Waals surface area contributed by atoms with E-state index in [1.54, 1.807) is 0 Å². The van der Waals surface area contributed by atoms with Gasteiger partial charge in [-0.05, 0) is 28.4 Å². The molecule has 0 aliphatic heterocycles. The molecule has 2 aromatic heterocycles. The van der Waals surface area contributed by atoms with E-state index >= 15 is 0 Å². The van der Waals surface area contributed by atoms with Gasteiger partial charge >= 0.3 is 0 Å². The van der Waals surface area contributed by atoms with Crippen LogP contribution < -0.4 is 10.5 Å². The number of nitrogens with zero attached hydrogens (tertiary/aromatic N) is 3. The summed E-state index contributed by atoms with van der Waals surface area (Å²) in [4.78, 5) is 7.72. The molecule has 2 rings (SSSR count). The Morgan fingerprint density at radius 2 is 2.20 bits per heavy atom. The maximum absolute atomic E-state index is 12.1. The number of pyridine rings is 1. The maximum Gasteiger partial charge on any atom is 0.244 e. The summed E-state index contributed by atoms with van der Waals surface area (Å²) >= 11 is 3.17. The van der Waals surface area contributed by atoms with E-state index in [4.69, 9.17) is 5.73 Å². The van der Waals surface area contributed by atoms with Crippen LogP contribution in [0.15, 0.2) is 28.0 Å². The quantitative estimate of drug-likeness (QED) is 0.642. The van der Waals surface area contributed by atoms with E-state index in [-0.39, 0.29) is 17.3 Å². The highest BCUT2D eigenvalue weighted by Gasteiger charge is 2.18. The molecular weight excluding hydrogens is 348 g/mol. The van der Waals surface area contributed by atoms with Gasteiger partial charge in [0.2, 0.25) is 10.0 Å². The molecule has 0 aliphatic rings. The van der Waals surface area contributed by atoms with Crippen molar-refractivity contribution in [1.82, 2.24) is 24.9 Å². The Labute approximate surface area is 124 Å². The lowest BCUT2D eigenvalue weighted by molar-refractivity contribution is 0.578. The third kappa shape index (κ3) is 3.74. The van der Waals surface area contributed by atoms with Crippen LogP contribution in [0.4, 0.5) is 5.82 Å². The molecule has 8 nitrogen and oxygen atoms in total. The van der Waals surface area contributed by atoms with Gasteiger partial charge in [-0.15, -0.1) is 0 Å². The Balaban J connectivity index is 1.95. The maximum atomic E-state index is 12.1. The van der Waals surface area contributed by atoms with Gasteiger partial charge in [-0.2, -0.15) is 5.10 Å². The zero-order valence-corrected chi connectivity index (χ0v) is 12.8. The number of H-pyrrole nitrogens is 1. The van der Waals surface area contributed by atoms with E-state index in [0.29, 0.717) is 23.1 Å². The number of anilines is 1. The van der Waals surface area contributed by atoms with E-state index in [1.807, 2.05) is 0 Å². The average molecular weight is 361 g/mol. The molecule has 4 N–H and O–H groups in total. The van der Waals surface area contributed by atoms with Crippen LogP contribution in [0.25, 0.3) is 0 Å². The number of aromatic nitrogens is 4. The molecule has 0 saturated heterocycles. The van der Waals surface area contributed by atoms with Gasteiger partial charge in [0.1, 0.15) is 22.9 Å². The highest BCUT2D eigenvalue weighted by Crippen LogP contribution is 2.20. The fourth-order valence-electron chi connectivity index (χ4n) is 1.54. The number of hydrogen-bond donors (Lipinski definition) is 3. The van der Waals surface area contributed by atoms with Crippen molar-refractivity contribution in [2.24, 2.45) is 0 Å². The molecule has 108 valence electrons. The van der Waals surface area contributed by atoms with Gasteiger partial charge < -0.3 is 5.73 Å². The first-order valence-electron chi connectivity index (χ1n) is 5.74. The highest BCUT2D eigenvalue weighted by molar-refractivity contribution is 9.10. The summed E-state index contributed by atoms with van der Waals surface area (Å²) in [6.07, 6.45) is 4.05. The zero-order valence-electron chi connectivity index (χ0n) is 10.4. The summed E-state index contributed by atoms with van der Waals surface area (Å²) in [5.41, 5.74) is 5.58. The summed E-state index contributed by atoms with van der Waals surface area (Å²) < 4.78 is 27.2. The van der Waals surface area contributed by atoms with Crippen molar-refractivity contribution in [3.63, 3.8) is 0 Å². The van der Waals surface area contributed by atoms with Crippen LogP contribution >= 0.6 is 15.9 Å². The zero-order chi connectivity index (χ0) is 14.6. The van der Waals surface area contributed by atoms with Gasteiger partial charge in [-0.1, -0.05) is 0 Å². The number of aromatic amines is 1. The minimum absolute atomic E-state index is 0.0315. The van der Waals surface area contributed by atoms with Crippen molar-refractivity contribution in [2.45, 2.75) is 17.7 Å². The lowest BCUT2D eigenvalue weighted by atomic mass is 10.3. The first kappa shape index (κ1) is 14.9. The molecule has 0 unspecified atom stereocenters. The minimum Gasteiger partial charge on any atom is -0.383 e. The number of rotatable bonds is 6. The molecule has 10 heteroatoms. The van der Waals surface area contributed by atoms with Gasteiger partial charge in [0.25, 0.3) is 0 Å². The summed E-state index contributed by atoms with van der Waals surface area (Å²) in [6.45, 7) is 0.273. The van der Waals surface area contributed by atoms with Crippen molar-refractivity contribution in [3.05, 3.63) is 28.9 Å². The lowest BCUT2D eigenvalue weighted by Gasteiger charge is -2.08. The number of halogens is 1. The first-order chi connectivity index (χ1) is 9.49. The fraction of sp³-hybridized carbons (Fsp3) is 0.300. The van der Waals surface area contributed by atoms with Gasteiger partial charge in [-0.25, -0.2) is 23.1 Å². The van der Waals surface area contributed by atoms with E-state index in [1.165, 1.54) is 18.6 Å². The molecule has 0 aromatic carbocycles. The van der Waals surface area contributed by atoms with E-state index in [2.05, 4.69) is 40.8 Å². The summed E-state index contributed by atoms with van der Waals surface area (Å²) in [6, 6.07) is 1.42. The van der Waals surface area contributed by atoms with Gasteiger partial charge in [0.05, 0.1) is 0 Å². The molecule has 0 saturated carbocycles. The van der Waals surface area contributed by atoms with Crippen LogP contribution in [-0.2, 0) is 16.4 Å². The van der Waals surface area contributed by atoms with Crippen molar-refractivity contribution in [1.29, 1.82) is 0 Å². The Hall–Kier alpha value is -1.52. The van der Waals surface area contributed by atoms with Crippen molar-refractivity contribution < 1.29 is 8.42 Å². The van der Waals surface area contributed by atoms with E-state index in [0.717, 1.165) is 0 Å². The average Bonchev–Trinajstić information content (AvgIpc) is 2.90. The Kier molecular flexibility index (Phi) is 4.68. The third-order valence-electron chi connectivity index (χ3n) is 2.49. The fourth-order valence-corrected chi connectivity index (χ4v) is 3.20. The number of nitrogen functional groups attached to an aromatic ring is 1. The molecule has 0 fully saturated rings. The molecule has 0 atom stereocenters. The molecule has 0 aliphatic carbocycles. The van der Waals surface area contributed by atoms with Crippen LogP contribution in [0.3, 0.4) is 0 Å². The van der Waals surface area contributed by atoms with Gasteiger partial charge in [0.15, 0.2) is 0 Å². The molecular formula is C10H13BrN6O2S. The van der Waals surface area contributed by atoms with Crippen LogP contribution in [0.2, 0.25) is 0 Å². The normalized spacial score (nSPS) is 11.7. The number of sulfonamides is 1. The minimum atomic E-state index is -3.67. The Bertz CT molecular complexity index is 673. The molecule has 20 heavy (non-hydrogen) atoms. The molecule has 0 amide bonds. The Morgan fingerprint density at radius 1 is 1.40 bits per heavy atom. The molecule has 0 bridgehead atoms. The monoisotopic (exact) mass is 360 g/mol. The summed E-state index contributed by atoms with van der Waals surface area (Å²) in [7, 11) is -3.67. The number of nitrogens with one attached hydrogen (secondary N) is 2. The van der Waals surface area contributed by atoms with Crippen molar-refractivity contribution in [2.75, 3.05) is 12.3 Å². The van der Waals surface area contributed by atoms with E-state index in [9.17, 15) is 8.42 Å². The number of hydrogen-bond acceptors (Lipinski definition) is 6. The topological polar surface area (TPSA) is 127 Å². The molecule has 2 aromatic rings. The van der Waals surface area contributed by atoms with Crippen molar-refractivity contribution in [3.8, 4) is 0 Å². The number of aryl methyl sites for hydroxylation is 1. The van der Waals surface area contributed by atoms with Crippen LogP contribution in [0.1, 0.15) is 12.2 Å². The van der Waals surface area contributed by atoms with Crippen molar-refractivity contribution >= 4 is 31.8 Å². The first-order valence-corrected chi connectivity index (χ1v) is 8.01. The SMILES string of the molecule is Nc1ncc(Br)cc1S(=O)(=O)NCCCc1ncn[nH]1. The van der Waals surface area contributed by atoms with Crippen LogP contribution in [0.5, 0.6) is 0 Å². The second kappa shape index (κ2) is 6.29. The van der Waals surface area contributed by atoms with E-state index < -0.39 is 10.0 Å². The molecule has 0 radical (unpaired) electrons. The second-order valence-electron chi connectivity index (χ2n) is 3.97. The smallest absolute Gasteiger partial charge is 0.244 e. The number of nitrogens with two attached hydrogens (primary N) is 1. The summed E-state index contributed by atoms with van der Waals surface area (Å²) in [5.74, 6) is 0.684. The van der Waals surface area contributed by atoms with Gasteiger partial charge in [-0.3, -0.25) is 5.10 Å². The standard InChI is InChI=1S/C10H13BrN6O2S/c11-7-4-8(10(12)13-5-7)20(18,19)16-3-1-2-9-14-6-15-17-9/h4-6,16H,1-3H2,(H2,12,13)(H,14,15,17). The predicted octanol–water partition coefficient (Wildman–Crippen LogP) is 0.456. The molecule has 0 spiro atoms. The van der Waals surface area contributed by atoms with Crippen LogP contribution in [0, 0.1) is 0 Å². The van der Waals surface area contributed by atoms with Gasteiger partial charge in [0, 0.05) is 23.6 Å². The third-order valence-corrected chi connectivity index (χ3v) is 4.41. The molecule has 2 heterocycles.